The molecule has 0 saturated carbocycles. The van der Waals surface area contributed by atoms with E-state index in [1.807, 2.05) is 0 Å². The summed E-state index contributed by atoms with van der Waals surface area (Å²) in [6.45, 7) is 5.82. The van der Waals surface area contributed by atoms with Gasteiger partial charge < -0.3 is 24.8 Å². The Balaban J connectivity index is 3.94. The number of esters is 1. The van der Waals surface area contributed by atoms with Crippen LogP contribution in [-0.2, 0) is 14.3 Å². The smallest absolute Gasteiger partial charge is 0.305 e. The molecule has 0 aromatic rings. The minimum absolute atomic E-state index is 0.0632. The fourth-order valence-corrected chi connectivity index (χ4v) is 3.40. The Morgan fingerprint density at radius 1 is 0.733 bits per heavy atom. The van der Waals surface area contributed by atoms with Crippen molar-refractivity contribution in [2.75, 3.05) is 13.2 Å². The van der Waals surface area contributed by atoms with Crippen LogP contribution >= 0.6 is 0 Å². The molecule has 0 aromatic carbocycles. The average molecular weight is 433 g/mol. The maximum absolute atomic E-state index is 11.5. The van der Waals surface area contributed by atoms with E-state index in [2.05, 4.69) is 6.92 Å². The molecule has 6 heteroatoms. The molecule has 0 aliphatic heterocycles. The quantitative estimate of drug-likeness (QED) is 0.182. The fraction of sp³-hybridized carbons (Fsp3) is 0.958. The van der Waals surface area contributed by atoms with Crippen LogP contribution in [0.5, 0.6) is 0 Å². The zero-order chi connectivity index (χ0) is 22.6. The van der Waals surface area contributed by atoms with E-state index in [0.717, 1.165) is 57.8 Å². The number of unbranched alkanes of at least 4 members (excludes halogenated alkanes) is 9. The summed E-state index contributed by atoms with van der Waals surface area (Å²) < 4.78 is 10.7. The maximum atomic E-state index is 11.5. The number of aliphatic hydroxyl groups excluding tert-OH is 3. The Labute approximate surface area is 184 Å². The van der Waals surface area contributed by atoms with E-state index in [0.29, 0.717) is 6.42 Å². The van der Waals surface area contributed by atoms with Crippen LogP contribution in [0.1, 0.15) is 111 Å². The zero-order valence-electron chi connectivity index (χ0n) is 19.7. The molecule has 0 rings (SSSR count). The molecule has 0 aliphatic rings. The Morgan fingerprint density at radius 2 is 1.27 bits per heavy atom. The molecule has 0 aromatic heterocycles. The lowest BCUT2D eigenvalue weighted by molar-refractivity contribution is -0.146. The van der Waals surface area contributed by atoms with Gasteiger partial charge in [0.25, 0.3) is 0 Å². The number of ether oxygens (including phenoxy) is 2. The summed E-state index contributed by atoms with van der Waals surface area (Å²) in [6, 6.07) is 0. The summed E-state index contributed by atoms with van der Waals surface area (Å²) in [5, 5.41) is 29.1. The van der Waals surface area contributed by atoms with E-state index in [9.17, 15) is 15.0 Å². The predicted molar refractivity (Wildman–Crippen MR) is 120 cm³/mol. The van der Waals surface area contributed by atoms with Gasteiger partial charge in [-0.2, -0.15) is 0 Å². The number of carbonyl (C=O) groups is 1. The molecule has 0 spiro atoms. The van der Waals surface area contributed by atoms with Crippen LogP contribution in [0.3, 0.4) is 0 Å². The first kappa shape index (κ1) is 29.3. The van der Waals surface area contributed by atoms with Gasteiger partial charge in [0.15, 0.2) is 0 Å². The lowest BCUT2D eigenvalue weighted by atomic mass is 9.99. The van der Waals surface area contributed by atoms with Crippen LogP contribution in [0, 0.1) is 0 Å². The first-order valence-electron chi connectivity index (χ1n) is 12.2. The second kappa shape index (κ2) is 20.2. The van der Waals surface area contributed by atoms with Crippen molar-refractivity contribution in [3.8, 4) is 0 Å². The van der Waals surface area contributed by atoms with Crippen LogP contribution in [0.25, 0.3) is 0 Å². The topological polar surface area (TPSA) is 96.2 Å². The van der Waals surface area contributed by atoms with Crippen molar-refractivity contribution in [1.29, 1.82) is 0 Å². The summed E-state index contributed by atoms with van der Waals surface area (Å²) in [7, 11) is 0. The largest absolute Gasteiger partial charge is 0.463 e. The molecule has 0 radical (unpaired) electrons. The van der Waals surface area contributed by atoms with Crippen LogP contribution in [0.15, 0.2) is 0 Å². The van der Waals surface area contributed by atoms with Crippen molar-refractivity contribution >= 4 is 5.97 Å². The van der Waals surface area contributed by atoms with Gasteiger partial charge in [0.2, 0.25) is 0 Å². The highest BCUT2D eigenvalue weighted by Crippen LogP contribution is 2.18. The second-order valence-electron chi connectivity index (χ2n) is 8.68. The molecule has 0 saturated heterocycles. The minimum atomic E-state index is -0.616. The van der Waals surface area contributed by atoms with E-state index in [-0.39, 0.29) is 25.3 Å². The molecular formula is C24H48O6. The third-order valence-corrected chi connectivity index (χ3v) is 5.19. The number of rotatable bonds is 21. The van der Waals surface area contributed by atoms with Gasteiger partial charge >= 0.3 is 5.97 Å². The first-order valence-corrected chi connectivity index (χ1v) is 12.2. The Morgan fingerprint density at radius 3 is 1.87 bits per heavy atom. The first-order chi connectivity index (χ1) is 14.4. The average Bonchev–Trinajstić information content (AvgIpc) is 2.70. The van der Waals surface area contributed by atoms with Crippen LogP contribution in [0.4, 0.5) is 0 Å². The highest BCUT2D eigenvalue weighted by Gasteiger charge is 2.20. The molecule has 4 atom stereocenters. The van der Waals surface area contributed by atoms with E-state index in [1.54, 1.807) is 13.8 Å². The van der Waals surface area contributed by atoms with E-state index in [1.165, 1.54) is 25.7 Å². The molecule has 0 fully saturated rings. The van der Waals surface area contributed by atoms with Gasteiger partial charge in [-0.3, -0.25) is 4.79 Å². The van der Waals surface area contributed by atoms with Crippen LogP contribution in [-0.4, -0.2) is 58.9 Å². The molecule has 0 bridgehead atoms. The summed E-state index contributed by atoms with van der Waals surface area (Å²) in [4.78, 5) is 11.5. The Bertz CT molecular complexity index is 386. The number of aliphatic hydroxyl groups is 3. The lowest BCUT2D eigenvalue weighted by Gasteiger charge is -2.24. The van der Waals surface area contributed by atoms with Gasteiger partial charge in [-0.15, -0.1) is 0 Å². The normalized spacial score (nSPS) is 15.5. The third kappa shape index (κ3) is 19.3. The number of carbonyl (C=O) groups excluding carboxylic acids is 1. The van der Waals surface area contributed by atoms with Crippen molar-refractivity contribution in [2.45, 2.75) is 135 Å². The second-order valence-corrected chi connectivity index (χ2v) is 8.68. The summed E-state index contributed by atoms with van der Waals surface area (Å²) in [6.07, 6.45) is 12.1. The molecule has 4 unspecified atom stereocenters. The van der Waals surface area contributed by atoms with Crippen molar-refractivity contribution in [2.24, 2.45) is 0 Å². The third-order valence-electron chi connectivity index (χ3n) is 5.19. The monoisotopic (exact) mass is 432 g/mol. The van der Waals surface area contributed by atoms with Crippen LogP contribution in [0.2, 0.25) is 0 Å². The summed E-state index contributed by atoms with van der Waals surface area (Å²) >= 11 is 0. The van der Waals surface area contributed by atoms with Crippen molar-refractivity contribution < 1.29 is 29.6 Å². The van der Waals surface area contributed by atoms with Crippen LogP contribution < -0.4 is 0 Å². The van der Waals surface area contributed by atoms with E-state index < -0.39 is 18.3 Å². The van der Waals surface area contributed by atoms with Gasteiger partial charge in [-0.1, -0.05) is 71.1 Å². The molecular weight excluding hydrogens is 384 g/mol. The Kier molecular flexibility index (Phi) is 19.8. The van der Waals surface area contributed by atoms with Crippen molar-refractivity contribution in [1.82, 2.24) is 0 Å². The SMILES string of the molecule is CCCCCCCCC(O)C(CCCCCCCC(=O)OCC(C)O)OCC(C)O. The lowest BCUT2D eigenvalue weighted by Crippen LogP contribution is -2.31. The molecule has 0 aliphatic carbocycles. The van der Waals surface area contributed by atoms with Crippen molar-refractivity contribution in [3.63, 3.8) is 0 Å². The molecule has 180 valence electrons. The minimum Gasteiger partial charge on any atom is -0.463 e. The molecule has 6 nitrogen and oxygen atoms in total. The fourth-order valence-electron chi connectivity index (χ4n) is 3.40. The highest BCUT2D eigenvalue weighted by molar-refractivity contribution is 5.69. The van der Waals surface area contributed by atoms with Gasteiger partial charge in [0.05, 0.1) is 31.0 Å². The van der Waals surface area contributed by atoms with E-state index in [4.69, 9.17) is 14.6 Å². The standard InChI is InChI=1S/C24H48O6/c1-4-5-6-7-9-12-15-22(27)23(29-18-20(2)25)16-13-10-8-11-14-17-24(28)30-19-21(3)26/h20-23,25-27H,4-19H2,1-3H3. The van der Waals surface area contributed by atoms with E-state index >= 15 is 0 Å². The maximum Gasteiger partial charge on any atom is 0.305 e. The van der Waals surface area contributed by atoms with Gasteiger partial charge in [-0.05, 0) is 33.1 Å². The molecule has 30 heavy (non-hydrogen) atoms. The zero-order valence-corrected chi connectivity index (χ0v) is 19.7. The summed E-state index contributed by atoms with van der Waals surface area (Å²) in [5.41, 5.74) is 0. The summed E-state index contributed by atoms with van der Waals surface area (Å²) in [5.74, 6) is -0.250. The van der Waals surface area contributed by atoms with Gasteiger partial charge in [0, 0.05) is 6.42 Å². The number of hydrogen-bond acceptors (Lipinski definition) is 6. The molecule has 0 heterocycles. The number of hydrogen-bond donors (Lipinski definition) is 3. The molecule has 3 N–H and O–H groups in total. The van der Waals surface area contributed by atoms with Gasteiger partial charge in [-0.25, -0.2) is 0 Å². The predicted octanol–water partition coefficient (Wildman–Crippen LogP) is 4.52. The molecule has 0 amide bonds. The highest BCUT2D eigenvalue weighted by atomic mass is 16.5. The van der Waals surface area contributed by atoms with Gasteiger partial charge in [0.1, 0.15) is 6.61 Å². The van der Waals surface area contributed by atoms with Crippen molar-refractivity contribution in [3.05, 3.63) is 0 Å². The Hall–Kier alpha value is -0.690.